The highest BCUT2D eigenvalue weighted by atomic mass is 16.6. The van der Waals surface area contributed by atoms with Gasteiger partial charge in [-0.25, -0.2) is 0 Å². The molecule has 2 aliphatic heterocycles. The van der Waals surface area contributed by atoms with E-state index >= 15 is 0 Å². The van der Waals surface area contributed by atoms with Gasteiger partial charge in [0.1, 0.15) is 13.2 Å². The average molecular weight is 248 g/mol. The number of nitrogens with one attached hydrogen (secondary N) is 2. The number of fused-ring (bicyclic) bond motifs is 2. The van der Waals surface area contributed by atoms with Crippen LogP contribution in [0.4, 0.5) is 5.69 Å². The van der Waals surface area contributed by atoms with Crippen LogP contribution in [0.5, 0.6) is 11.5 Å². The number of hydrogen-bond acceptors (Lipinski definition) is 4. The van der Waals surface area contributed by atoms with E-state index in [-0.39, 0.29) is 0 Å². The van der Waals surface area contributed by atoms with Crippen molar-refractivity contribution in [3.8, 4) is 11.5 Å². The molecule has 2 N–H and O–H groups in total. The lowest BCUT2D eigenvalue weighted by atomic mass is 9.95. The number of benzene rings is 1. The SMILES string of the molecule is CNCCC1CCc2cc3c(cc2N1)OCCO3. The Balaban J connectivity index is 1.78. The van der Waals surface area contributed by atoms with Crippen LogP contribution in [-0.2, 0) is 6.42 Å². The van der Waals surface area contributed by atoms with Crippen LogP contribution in [0.3, 0.4) is 0 Å². The molecule has 0 saturated carbocycles. The largest absolute Gasteiger partial charge is 0.486 e. The molecule has 0 fully saturated rings. The van der Waals surface area contributed by atoms with E-state index in [1.807, 2.05) is 7.05 Å². The molecule has 3 rings (SSSR count). The van der Waals surface area contributed by atoms with E-state index in [0.717, 1.165) is 30.9 Å². The maximum Gasteiger partial charge on any atom is 0.163 e. The number of aryl methyl sites for hydroxylation is 1. The van der Waals surface area contributed by atoms with E-state index in [1.54, 1.807) is 0 Å². The fraction of sp³-hybridized carbons (Fsp3) is 0.571. The van der Waals surface area contributed by atoms with Gasteiger partial charge >= 0.3 is 0 Å². The fourth-order valence-corrected chi connectivity index (χ4v) is 2.63. The van der Waals surface area contributed by atoms with Crippen molar-refractivity contribution < 1.29 is 9.47 Å². The minimum Gasteiger partial charge on any atom is -0.486 e. The van der Waals surface area contributed by atoms with Crippen molar-refractivity contribution >= 4 is 5.69 Å². The number of anilines is 1. The first-order valence-electron chi connectivity index (χ1n) is 6.70. The van der Waals surface area contributed by atoms with Crippen LogP contribution in [0.2, 0.25) is 0 Å². The highest BCUT2D eigenvalue weighted by Gasteiger charge is 2.21. The summed E-state index contributed by atoms with van der Waals surface area (Å²) in [6.45, 7) is 2.36. The topological polar surface area (TPSA) is 42.5 Å². The molecule has 0 aromatic heterocycles. The van der Waals surface area contributed by atoms with Gasteiger partial charge in [-0.3, -0.25) is 0 Å². The Kier molecular flexibility index (Phi) is 3.28. The Bertz CT molecular complexity index is 434. The van der Waals surface area contributed by atoms with Crippen molar-refractivity contribution in [2.24, 2.45) is 0 Å². The second kappa shape index (κ2) is 5.06. The van der Waals surface area contributed by atoms with Crippen LogP contribution < -0.4 is 20.1 Å². The summed E-state index contributed by atoms with van der Waals surface area (Å²) in [7, 11) is 2.00. The summed E-state index contributed by atoms with van der Waals surface area (Å²) in [4.78, 5) is 0. The third kappa shape index (κ3) is 2.25. The van der Waals surface area contributed by atoms with Crippen LogP contribution in [0, 0.1) is 0 Å². The maximum atomic E-state index is 5.63. The van der Waals surface area contributed by atoms with Gasteiger partial charge < -0.3 is 20.1 Å². The summed E-state index contributed by atoms with van der Waals surface area (Å²) >= 11 is 0. The van der Waals surface area contributed by atoms with Gasteiger partial charge in [-0.2, -0.15) is 0 Å². The zero-order chi connectivity index (χ0) is 12.4. The first kappa shape index (κ1) is 11.7. The Morgan fingerprint density at radius 2 is 2.06 bits per heavy atom. The van der Waals surface area contributed by atoms with Crippen molar-refractivity contribution in [3.63, 3.8) is 0 Å². The molecule has 1 unspecified atom stereocenters. The Morgan fingerprint density at radius 3 is 2.83 bits per heavy atom. The molecule has 98 valence electrons. The van der Waals surface area contributed by atoms with Gasteiger partial charge in [0.25, 0.3) is 0 Å². The van der Waals surface area contributed by atoms with Gasteiger partial charge in [0.15, 0.2) is 11.5 Å². The number of hydrogen-bond donors (Lipinski definition) is 2. The third-order valence-corrected chi connectivity index (χ3v) is 3.63. The molecule has 0 bridgehead atoms. The predicted molar refractivity (Wildman–Crippen MR) is 71.7 cm³/mol. The molecule has 1 aromatic carbocycles. The minimum absolute atomic E-state index is 0.563. The lowest BCUT2D eigenvalue weighted by Gasteiger charge is -2.29. The molecule has 2 heterocycles. The Labute approximate surface area is 108 Å². The fourth-order valence-electron chi connectivity index (χ4n) is 2.63. The molecular formula is C14H20N2O2. The minimum atomic E-state index is 0.563. The van der Waals surface area contributed by atoms with E-state index in [9.17, 15) is 0 Å². The van der Waals surface area contributed by atoms with Crippen molar-refractivity contribution in [2.75, 3.05) is 32.1 Å². The molecule has 0 saturated heterocycles. The molecule has 0 aliphatic carbocycles. The molecule has 0 spiro atoms. The van der Waals surface area contributed by atoms with Gasteiger partial charge in [-0.15, -0.1) is 0 Å². The van der Waals surface area contributed by atoms with Gasteiger partial charge in [0.2, 0.25) is 0 Å². The Hall–Kier alpha value is -1.42. The second-order valence-electron chi connectivity index (χ2n) is 4.93. The first-order valence-corrected chi connectivity index (χ1v) is 6.70. The molecule has 0 amide bonds. The lowest BCUT2D eigenvalue weighted by Crippen LogP contribution is -2.29. The molecule has 1 aromatic rings. The highest BCUT2D eigenvalue weighted by molar-refractivity contribution is 5.62. The second-order valence-corrected chi connectivity index (χ2v) is 4.93. The lowest BCUT2D eigenvalue weighted by molar-refractivity contribution is 0.171. The molecular weight excluding hydrogens is 228 g/mol. The molecule has 4 heteroatoms. The van der Waals surface area contributed by atoms with E-state index < -0.39 is 0 Å². The monoisotopic (exact) mass is 248 g/mol. The summed E-state index contributed by atoms with van der Waals surface area (Å²) in [6.07, 6.45) is 3.46. The van der Waals surface area contributed by atoms with Crippen LogP contribution in [-0.4, -0.2) is 32.8 Å². The van der Waals surface area contributed by atoms with Gasteiger partial charge in [0, 0.05) is 17.8 Å². The zero-order valence-corrected chi connectivity index (χ0v) is 10.8. The van der Waals surface area contributed by atoms with Gasteiger partial charge in [0.05, 0.1) is 0 Å². The van der Waals surface area contributed by atoms with E-state index in [0.29, 0.717) is 19.3 Å². The van der Waals surface area contributed by atoms with E-state index in [4.69, 9.17) is 9.47 Å². The van der Waals surface area contributed by atoms with Crippen LogP contribution in [0.25, 0.3) is 0 Å². The molecule has 4 nitrogen and oxygen atoms in total. The van der Waals surface area contributed by atoms with Crippen LogP contribution in [0.15, 0.2) is 12.1 Å². The van der Waals surface area contributed by atoms with Gasteiger partial charge in [-0.05, 0) is 44.5 Å². The van der Waals surface area contributed by atoms with Crippen molar-refractivity contribution in [1.82, 2.24) is 5.32 Å². The number of ether oxygens (including phenoxy) is 2. The molecule has 1 atom stereocenters. The van der Waals surface area contributed by atoms with Gasteiger partial charge in [-0.1, -0.05) is 0 Å². The summed E-state index contributed by atoms with van der Waals surface area (Å²) < 4.78 is 11.2. The summed E-state index contributed by atoms with van der Waals surface area (Å²) in [5, 5.41) is 6.81. The molecule has 18 heavy (non-hydrogen) atoms. The first-order chi connectivity index (χ1) is 8.86. The maximum absolute atomic E-state index is 5.63. The highest BCUT2D eigenvalue weighted by Crippen LogP contribution is 2.38. The quantitative estimate of drug-likeness (QED) is 0.856. The molecule has 2 aliphatic rings. The van der Waals surface area contributed by atoms with E-state index in [1.165, 1.54) is 17.7 Å². The smallest absolute Gasteiger partial charge is 0.163 e. The van der Waals surface area contributed by atoms with E-state index in [2.05, 4.69) is 22.8 Å². The average Bonchev–Trinajstić information content (AvgIpc) is 2.42. The normalized spacial score (nSPS) is 21.1. The summed E-state index contributed by atoms with van der Waals surface area (Å²) in [5.74, 6) is 1.78. The molecule has 0 radical (unpaired) electrons. The Morgan fingerprint density at radius 1 is 1.28 bits per heavy atom. The van der Waals surface area contributed by atoms with Crippen molar-refractivity contribution in [1.29, 1.82) is 0 Å². The summed E-state index contributed by atoms with van der Waals surface area (Å²) in [6, 6.07) is 4.79. The number of rotatable bonds is 3. The van der Waals surface area contributed by atoms with Crippen molar-refractivity contribution in [2.45, 2.75) is 25.3 Å². The van der Waals surface area contributed by atoms with Crippen molar-refractivity contribution in [3.05, 3.63) is 17.7 Å². The van der Waals surface area contributed by atoms with Crippen LogP contribution >= 0.6 is 0 Å². The zero-order valence-electron chi connectivity index (χ0n) is 10.8. The third-order valence-electron chi connectivity index (χ3n) is 3.63. The van der Waals surface area contributed by atoms with Crippen LogP contribution in [0.1, 0.15) is 18.4 Å². The standard InChI is InChI=1S/C14H20N2O2/c1-15-5-4-11-3-2-10-8-13-14(9-12(10)16-11)18-7-6-17-13/h8-9,11,15-16H,2-7H2,1H3. The predicted octanol–water partition coefficient (Wildman–Crippen LogP) is 1.79. The summed E-state index contributed by atoms with van der Waals surface area (Å²) in [5.41, 5.74) is 2.56.